The number of nitrogens with zero attached hydrogens (tertiary/aromatic N) is 3. The van der Waals surface area contributed by atoms with E-state index in [9.17, 15) is 19.2 Å². The number of aldehydes is 1. The maximum atomic E-state index is 10.9. The Hall–Kier alpha value is -1.63. The van der Waals surface area contributed by atoms with Gasteiger partial charge in [-0.3, -0.25) is 0 Å². The van der Waals surface area contributed by atoms with Crippen molar-refractivity contribution in [3.63, 3.8) is 0 Å². The second-order valence-electron chi connectivity index (χ2n) is 5.81. The molecule has 30 heavy (non-hydrogen) atoms. The molecule has 175 valence electrons. The molecule has 12 heteroatoms. The van der Waals surface area contributed by atoms with Gasteiger partial charge in [-0.25, -0.2) is 0 Å². The van der Waals surface area contributed by atoms with Gasteiger partial charge in [0, 0.05) is 7.11 Å². The van der Waals surface area contributed by atoms with E-state index in [1.807, 2.05) is 25.7 Å². The van der Waals surface area contributed by atoms with Crippen LogP contribution in [0.5, 0.6) is 0 Å². The monoisotopic (exact) mass is 472 g/mol. The van der Waals surface area contributed by atoms with Crippen LogP contribution in [-0.4, -0.2) is 130 Å². The summed E-state index contributed by atoms with van der Waals surface area (Å²) in [5.74, 6) is -3.24. The fraction of sp³-hybridized carbons (Fsp3) is 0.722. The Balaban J connectivity index is -0.00000171. The number of carboxylic acids is 3. The average molecular weight is 472 g/mol. The molecule has 0 bridgehead atoms. The molecule has 0 amide bonds. The van der Waals surface area contributed by atoms with Gasteiger partial charge in [0.2, 0.25) is 0 Å². The first-order valence-electron chi connectivity index (χ1n) is 9.36. The van der Waals surface area contributed by atoms with Gasteiger partial charge < -0.3 is 5.11 Å². The number of hydrogen-bond acceptors (Lipinski definition) is 8. The van der Waals surface area contributed by atoms with E-state index in [2.05, 4.69) is 17.0 Å². The summed E-state index contributed by atoms with van der Waals surface area (Å²) in [6.07, 6.45) is 0.642. The van der Waals surface area contributed by atoms with Crippen molar-refractivity contribution in [1.29, 1.82) is 0 Å². The van der Waals surface area contributed by atoms with Crippen molar-refractivity contribution < 1.29 is 56.6 Å². The first kappa shape index (κ1) is 33.0. The van der Waals surface area contributed by atoms with E-state index < -0.39 is 17.9 Å². The van der Waals surface area contributed by atoms with E-state index in [-0.39, 0.29) is 32.7 Å². The van der Waals surface area contributed by atoms with Gasteiger partial charge in [0.05, 0.1) is 0 Å². The van der Waals surface area contributed by atoms with Crippen molar-refractivity contribution in [3.05, 3.63) is 0 Å². The number of carboxylic acid groups (broad SMARTS) is 3. The third kappa shape index (κ3) is 22.7. The quantitative estimate of drug-likeness (QED) is 0.198. The van der Waals surface area contributed by atoms with Crippen molar-refractivity contribution >= 4 is 28.4 Å². The standard InChI is InChI=1S/C15H25N3O7.C2H6.CH4O.V/c1-2-3-16(4-6-17(8-9-19)10-13(20)21)5-7-18(11-14(22)23)12-15(24)25;2*1-2;/h9H,3-8,10-12H2,1H3,(H,20,21)(H,22,23)(H,24,25);1-2H3;2H,1H3;. The molecule has 0 aliphatic rings. The van der Waals surface area contributed by atoms with Crippen LogP contribution in [0.4, 0.5) is 0 Å². The molecule has 0 aliphatic heterocycles. The minimum atomic E-state index is -1.11. The van der Waals surface area contributed by atoms with Crippen LogP contribution < -0.4 is 0 Å². The summed E-state index contributed by atoms with van der Waals surface area (Å²) < 4.78 is 1.04. The zero-order chi connectivity index (χ0) is 24.1. The number of hydrogen-bond donors (Lipinski definition) is 4. The Labute approximate surface area is 186 Å². The first-order chi connectivity index (χ1) is 14.1. The van der Waals surface area contributed by atoms with E-state index in [1.165, 1.54) is 9.80 Å². The Kier molecular flexibility index (Phi) is 24.3. The van der Waals surface area contributed by atoms with E-state index in [4.69, 9.17) is 20.4 Å². The average Bonchev–Trinajstić information content (AvgIpc) is 2.65. The normalized spacial score (nSPS) is 9.97. The topological polar surface area (TPSA) is 159 Å². The molecule has 0 heterocycles. The first-order valence-corrected chi connectivity index (χ1v) is 10.1. The zero-order valence-electron chi connectivity index (χ0n) is 18.2. The Morgan fingerprint density at radius 1 is 0.733 bits per heavy atom. The van der Waals surface area contributed by atoms with Crippen LogP contribution in [0.2, 0.25) is 0 Å². The number of carbonyl (C=O) groups is 4. The molecular formula is C18H35N3O8V. The van der Waals surface area contributed by atoms with Crippen LogP contribution in [0, 0.1) is 0 Å². The molecule has 0 unspecified atom stereocenters. The van der Waals surface area contributed by atoms with Gasteiger partial charge in [-0.05, 0) is 0 Å². The van der Waals surface area contributed by atoms with Gasteiger partial charge >= 0.3 is 160 Å². The maximum absolute atomic E-state index is 10.9. The molecule has 0 saturated heterocycles. The molecule has 0 spiro atoms. The van der Waals surface area contributed by atoms with Gasteiger partial charge in [0.1, 0.15) is 0 Å². The second-order valence-corrected chi connectivity index (χ2v) is 7.00. The molecule has 4 N–H and O–H groups in total. The van der Waals surface area contributed by atoms with E-state index in [1.54, 1.807) is 0 Å². The summed E-state index contributed by atoms with van der Waals surface area (Å²) >= 11 is 2.40. The second kappa shape index (κ2) is 22.1. The fourth-order valence-corrected chi connectivity index (χ4v) is 2.60. The third-order valence-corrected chi connectivity index (χ3v) is 3.55. The van der Waals surface area contributed by atoms with Crippen LogP contribution in [0.3, 0.4) is 0 Å². The molecule has 0 fully saturated rings. The Bertz CT molecular complexity index is 504. The number of aliphatic hydroxyl groups excluding tert-OH is 1. The molecule has 0 aromatic carbocycles. The van der Waals surface area contributed by atoms with Gasteiger partial charge in [-0.2, -0.15) is 0 Å². The van der Waals surface area contributed by atoms with Gasteiger partial charge in [-0.15, -0.1) is 0 Å². The minimum absolute atomic E-state index is 0.00910. The summed E-state index contributed by atoms with van der Waals surface area (Å²) in [7, 11) is 1.00. The number of aliphatic carboxylic acids is 3. The SMILES string of the molecule is CC.CO.C[C](=[V])CN(CCN(CC=O)CC(=O)O)CCN(CC(=O)O)CC(=O)O. The fourth-order valence-electron chi connectivity index (χ4n) is 2.29. The van der Waals surface area contributed by atoms with Crippen LogP contribution in [0.15, 0.2) is 0 Å². The summed E-state index contributed by atoms with van der Waals surface area (Å²) in [5.41, 5.74) is 0. The van der Waals surface area contributed by atoms with Gasteiger partial charge in [0.15, 0.2) is 0 Å². The van der Waals surface area contributed by atoms with Crippen LogP contribution in [0.25, 0.3) is 0 Å². The van der Waals surface area contributed by atoms with Crippen molar-refractivity contribution in [2.75, 3.05) is 66.0 Å². The van der Waals surface area contributed by atoms with Crippen molar-refractivity contribution in [1.82, 2.24) is 14.7 Å². The number of rotatable bonds is 16. The van der Waals surface area contributed by atoms with Crippen molar-refractivity contribution in [2.24, 2.45) is 0 Å². The Morgan fingerprint density at radius 3 is 1.40 bits per heavy atom. The molecular weight excluding hydrogens is 437 g/mol. The molecule has 0 aromatic rings. The van der Waals surface area contributed by atoms with Gasteiger partial charge in [0.25, 0.3) is 0 Å². The van der Waals surface area contributed by atoms with E-state index >= 15 is 0 Å². The summed E-state index contributed by atoms with van der Waals surface area (Å²) in [6.45, 7) is 6.96. The summed E-state index contributed by atoms with van der Waals surface area (Å²) in [5, 5.41) is 33.6. The molecule has 0 aromatic heterocycles. The molecule has 0 aliphatic carbocycles. The molecule has 0 saturated carbocycles. The van der Waals surface area contributed by atoms with Gasteiger partial charge in [-0.1, -0.05) is 13.8 Å². The predicted molar refractivity (Wildman–Crippen MR) is 108 cm³/mol. The number of carbonyl (C=O) groups excluding carboxylic acids is 1. The zero-order valence-corrected chi connectivity index (χ0v) is 19.5. The van der Waals surface area contributed by atoms with Crippen molar-refractivity contribution in [2.45, 2.75) is 20.8 Å². The molecule has 0 atom stereocenters. The Morgan fingerprint density at radius 2 is 1.07 bits per heavy atom. The predicted octanol–water partition coefficient (Wildman–Crippen LogP) is -1.28. The molecule has 0 radical (unpaired) electrons. The van der Waals surface area contributed by atoms with Crippen LogP contribution >= 0.6 is 0 Å². The van der Waals surface area contributed by atoms with Crippen LogP contribution in [-0.2, 0) is 36.2 Å². The van der Waals surface area contributed by atoms with Crippen LogP contribution in [0.1, 0.15) is 20.8 Å². The van der Waals surface area contributed by atoms with Crippen molar-refractivity contribution in [3.8, 4) is 0 Å². The number of aliphatic hydroxyl groups is 1. The van der Waals surface area contributed by atoms with E-state index in [0.29, 0.717) is 32.5 Å². The summed E-state index contributed by atoms with van der Waals surface area (Å²) in [6, 6.07) is 0. The molecule has 11 nitrogen and oxygen atoms in total. The molecule has 0 rings (SSSR count). The van der Waals surface area contributed by atoms with E-state index in [0.717, 1.165) is 11.3 Å². The third-order valence-electron chi connectivity index (χ3n) is 3.33. The summed E-state index contributed by atoms with van der Waals surface area (Å²) in [4.78, 5) is 48.0.